The topological polar surface area (TPSA) is 24.9 Å². The SMILES string of the molecule is CC.CCNc1cccnc1. The van der Waals surface area contributed by atoms with Crippen molar-refractivity contribution in [3.8, 4) is 0 Å². The lowest BCUT2D eigenvalue weighted by Gasteiger charge is -1.98. The third-order valence-corrected chi connectivity index (χ3v) is 1.04. The number of nitrogens with one attached hydrogen (secondary N) is 1. The Morgan fingerprint density at radius 2 is 2.18 bits per heavy atom. The number of nitrogens with zero attached hydrogens (tertiary/aromatic N) is 1. The molecule has 62 valence electrons. The van der Waals surface area contributed by atoms with Crippen LogP contribution in [0.25, 0.3) is 0 Å². The van der Waals surface area contributed by atoms with Gasteiger partial charge in [0, 0.05) is 18.9 Å². The average Bonchev–Trinajstić information content (AvgIpc) is 2.11. The molecule has 0 saturated carbocycles. The fraction of sp³-hybridized carbons (Fsp3) is 0.444. The second-order valence-corrected chi connectivity index (χ2v) is 1.77. The summed E-state index contributed by atoms with van der Waals surface area (Å²) in [4.78, 5) is 3.94. The molecule has 0 aliphatic carbocycles. The molecule has 0 spiro atoms. The smallest absolute Gasteiger partial charge is 0.0526 e. The number of aromatic nitrogens is 1. The minimum atomic E-state index is 0.950. The van der Waals surface area contributed by atoms with Crippen LogP contribution >= 0.6 is 0 Å². The van der Waals surface area contributed by atoms with Gasteiger partial charge in [0.15, 0.2) is 0 Å². The first-order valence-corrected chi connectivity index (χ1v) is 4.07. The Morgan fingerprint density at radius 3 is 2.64 bits per heavy atom. The van der Waals surface area contributed by atoms with Crippen LogP contribution in [-0.4, -0.2) is 11.5 Å². The van der Waals surface area contributed by atoms with Gasteiger partial charge in [-0.15, -0.1) is 0 Å². The lowest BCUT2D eigenvalue weighted by atomic mass is 10.4. The molecule has 2 nitrogen and oxygen atoms in total. The maximum absolute atomic E-state index is 3.94. The molecule has 0 amide bonds. The standard InChI is InChI=1S/C7H10N2.C2H6/c1-2-9-7-4-3-5-8-6-7;1-2/h3-6,9H,2H2,1H3;1-2H3. The van der Waals surface area contributed by atoms with Crippen molar-refractivity contribution in [3.05, 3.63) is 24.5 Å². The number of pyridine rings is 1. The highest BCUT2D eigenvalue weighted by molar-refractivity contribution is 5.39. The predicted molar refractivity (Wildman–Crippen MR) is 49.7 cm³/mol. The summed E-state index contributed by atoms with van der Waals surface area (Å²) in [5, 5.41) is 3.14. The van der Waals surface area contributed by atoms with E-state index in [9.17, 15) is 0 Å². The fourth-order valence-electron chi connectivity index (χ4n) is 0.671. The number of hydrogen-bond acceptors (Lipinski definition) is 2. The van der Waals surface area contributed by atoms with Crippen molar-refractivity contribution in [1.82, 2.24) is 4.98 Å². The predicted octanol–water partition coefficient (Wildman–Crippen LogP) is 2.54. The molecule has 11 heavy (non-hydrogen) atoms. The van der Waals surface area contributed by atoms with Gasteiger partial charge >= 0.3 is 0 Å². The van der Waals surface area contributed by atoms with Crippen molar-refractivity contribution in [2.45, 2.75) is 20.8 Å². The first-order chi connectivity index (χ1) is 5.43. The molecule has 1 rings (SSSR count). The van der Waals surface area contributed by atoms with E-state index in [0.29, 0.717) is 0 Å². The van der Waals surface area contributed by atoms with E-state index in [-0.39, 0.29) is 0 Å². The van der Waals surface area contributed by atoms with E-state index in [1.165, 1.54) is 0 Å². The summed E-state index contributed by atoms with van der Waals surface area (Å²) >= 11 is 0. The van der Waals surface area contributed by atoms with Gasteiger partial charge in [0.05, 0.1) is 5.69 Å². The van der Waals surface area contributed by atoms with E-state index >= 15 is 0 Å². The largest absolute Gasteiger partial charge is 0.384 e. The second-order valence-electron chi connectivity index (χ2n) is 1.77. The molecule has 0 aliphatic rings. The van der Waals surface area contributed by atoms with E-state index in [1.54, 1.807) is 6.20 Å². The van der Waals surface area contributed by atoms with Gasteiger partial charge in [-0.1, -0.05) is 13.8 Å². The number of hydrogen-bond donors (Lipinski definition) is 1. The molecular weight excluding hydrogens is 136 g/mol. The van der Waals surface area contributed by atoms with Crippen LogP contribution < -0.4 is 5.32 Å². The zero-order chi connectivity index (χ0) is 8.53. The van der Waals surface area contributed by atoms with Gasteiger partial charge in [-0.2, -0.15) is 0 Å². The summed E-state index contributed by atoms with van der Waals surface area (Å²) in [6, 6.07) is 3.91. The Labute approximate surface area is 68.7 Å². The highest BCUT2D eigenvalue weighted by Gasteiger charge is 1.82. The summed E-state index contributed by atoms with van der Waals surface area (Å²) < 4.78 is 0. The zero-order valence-corrected chi connectivity index (χ0v) is 7.46. The Kier molecular flexibility index (Phi) is 6.39. The van der Waals surface area contributed by atoms with Gasteiger partial charge in [-0.05, 0) is 19.1 Å². The molecule has 2 heteroatoms. The second kappa shape index (κ2) is 7.06. The zero-order valence-electron chi connectivity index (χ0n) is 7.46. The maximum Gasteiger partial charge on any atom is 0.0526 e. The van der Waals surface area contributed by atoms with Gasteiger partial charge < -0.3 is 5.32 Å². The average molecular weight is 152 g/mol. The minimum Gasteiger partial charge on any atom is -0.384 e. The van der Waals surface area contributed by atoms with Gasteiger partial charge in [-0.25, -0.2) is 0 Å². The Morgan fingerprint density at radius 1 is 1.45 bits per heavy atom. The van der Waals surface area contributed by atoms with Gasteiger partial charge in [0.2, 0.25) is 0 Å². The van der Waals surface area contributed by atoms with Crippen molar-refractivity contribution in [2.75, 3.05) is 11.9 Å². The van der Waals surface area contributed by atoms with Crippen LogP contribution in [-0.2, 0) is 0 Å². The quantitative estimate of drug-likeness (QED) is 0.704. The summed E-state index contributed by atoms with van der Waals surface area (Å²) in [6.07, 6.45) is 3.57. The molecule has 0 fully saturated rings. The molecule has 0 saturated heterocycles. The van der Waals surface area contributed by atoms with Crippen molar-refractivity contribution < 1.29 is 0 Å². The van der Waals surface area contributed by atoms with E-state index in [2.05, 4.69) is 17.2 Å². The van der Waals surface area contributed by atoms with E-state index < -0.39 is 0 Å². The van der Waals surface area contributed by atoms with Gasteiger partial charge in [0.25, 0.3) is 0 Å². The third-order valence-electron chi connectivity index (χ3n) is 1.04. The van der Waals surface area contributed by atoms with Crippen molar-refractivity contribution >= 4 is 5.69 Å². The third kappa shape index (κ3) is 4.37. The van der Waals surface area contributed by atoms with Crippen molar-refractivity contribution in [3.63, 3.8) is 0 Å². The van der Waals surface area contributed by atoms with Crippen LogP contribution in [0.15, 0.2) is 24.5 Å². The van der Waals surface area contributed by atoms with Crippen LogP contribution in [0.4, 0.5) is 5.69 Å². The highest BCUT2D eigenvalue weighted by Crippen LogP contribution is 2.00. The fourth-order valence-corrected chi connectivity index (χ4v) is 0.671. The molecule has 1 aromatic heterocycles. The van der Waals surface area contributed by atoms with Gasteiger partial charge in [-0.3, -0.25) is 4.98 Å². The molecule has 0 aromatic carbocycles. The summed E-state index contributed by atoms with van der Waals surface area (Å²) in [6.45, 7) is 7.01. The molecular formula is C9H16N2. The molecule has 1 aromatic rings. The van der Waals surface area contributed by atoms with Crippen LogP contribution in [0.1, 0.15) is 20.8 Å². The Hall–Kier alpha value is -1.05. The summed E-state index contributed by atoms with van der Waals surface area (Å²) in [5.74, 6) is 0. The molecule has 0 aliphatic heterocycles. The molecule has 1 heterocycles. The van der Waals surface area contributed by atoms with Crippen molar-refractivity contribution in [1.29, 1.82) is 0 Å². The molecule has 0 radical (unpaired) electrons. The van der Waals surface area contributed by atoms with E-state index in [1.807, 2.05) is 32.2 Å². The lowest BCUT2D eigenvalue weighted by molar-refractivity contribution is 1.19. The Balaban J connectivity index is 0.000000461. The first-order valence-electron chi connectivity index (χ1n) is 4.07. The van der Waals surface area contributed by atoms with Gasteiger partial charge in [0.1, 0.15) is 0 Å². The van der Waals surface area contributed by atoms with Crippen LogP contribution in [0.3, 0.4) is 0 Å². The monoisotopic (exact) mass is 152 g/mol. The lowest BCUT2D eigenvalue weighted by Crippen LogP contribution is -1.95. The van der Waals surface area contributed by atoms with E-state index in [0.717, 1.165) is 12.2 Å². The van der Waals surface area contributed by atoms with E-state index in [4.69, 9.17) is 0 Å². The highest BCUT2D eigenvalue weighted by atomic mass is 14.9. The molecule has 0 unspecified atom stereocenters. The Bertz CT molecular complexity index is 160. The minimum absolute atomic E-state index is 0.950. The van der Waals surface area contributed by atoms with Crippen LogP contribution in [0.5, 0.6) is 0 Å². The first kappa shape index (κ1) is 9.95. The molecule has 0 atom stereocenters. The van der Waals surface area contributed by atoms with Crippen LogP contribution in [0.2, 0.25) is 0 Å². The number of rotatable bonds is 2. The van der Waals surface area contributed by atoms with Crippen molar-refractivity contribution in [2.24, 2.45) is 0 Å². The maximum atomic E-state index is 3.94. The van der Waals surface area contributed by atoms with Crippen LogP contribution in [0, 0.1) is 0 Å². The number of anilines is 1. The summed E-state index contributed by atoms with van der Waals surface area (Å²) in [5.41, 5.74) is 1.08. The normalized spacial score (nSPS) is 7.91. The molecule has 0 bridgehead atoms. The summed E-state index contributed by atoms with van der Waals surface area (Å²) in [7, 11) is 0. The molecule has 1 N–H and O–H groups in total.